The first-order valence-electron chi connectivity index (χ1n) is 8.06. The van der Waals surface area contributed by atoms with Crippen LogP contribution in [0.25, 0.3) is 11.0 Å². The van der Waals surface area contributed by atoms with Crippen LogP contribution in [0, 0.1) is 5.92 Å². The third-order valence-electron chi connectivity index (χ3n) is 4.69. The molecular weight excluding hydrogens is 363 g/mol. The molecule has 0 radical (unpaired) electrons. The molecule has 8 heteroatoms. The molecule has 1 aromatic carbocycles. The average molecular weight is 389 g/mol. The summed E-state index contributed by atoms with van der Waals surface area (Å²) in [7, 11) is 3.77. The van der Waals surface area contributed by atoms with Crippen LogP contribution in [0.4, 0.5) is 0 Å². The summed E-state index contributed by atoms with van der Waals surface area (Å²) in [5, 5.41) is 0. The number of hydrogen-bond acceptors (Lipinski definition) is 4. The summed E-state index contributed by atoms with van der Waals surface area (Å²) in [4.78, 5) is 18.9. The standard InChI is InChI=1S/C17H24N4O2.2ClH/c1-20(17(22)16(18)12-7-9-23-10-8-12)11-15-19-13-5-3-4-6-14(13)21(15)2;;/h3-6,12,16H,7-11,18H2,1-2H3;2*1H. The summed E-state index contributed by atoms with van der Waals surface area (Å²) >= 11 is 0. The lowest BCUT2D eigenvalue weighted by atomic mass is 9.91. The van der Waals surface area contributed by atoms with Crippen molar-refractivity contribution in [3.63, 3.8) is 0 Å². The topological polar surface area (TPSA) is 73.4 Å². The van der Waals surface area contributed by atoms with Crippen molar-refractivity contribution < 1.29 is 9.53 Å². The van der Waals surface area contributed by atoms with Gasteiger partial charge in [0, 0.05) is 27.3 Å². The number of aromatic nitrogens is 2. The van der Waals surface area contributed by atoms with E-state index in [2.05, 4.69) is 4.98 Å². The Morgan fingerprint density at radius 2 is 2.00 bits per heavy atom. The van der Waals surface area contributed by atoms with E-state index >= 15 is 0 Å². The van der Waals surface area contributed by atoms with Crippen LogP contribution in [-0.4, -0.2) is 46.7 Å². The van der Waals surface area contributed by atoms with E-state index in [0.29, 0.717) is 19.8 Å². The number of likely N-dealkylation sites (N-methyl/N-ethyl adjacent to an activating group) is 1. The fourth-order valence-corrected chi connectivity index (χ4v) is 3.16. The minimum atomic E-state index is -0.460. The van der Waals surface area contributed by atoms with Crippen LogP contribution in [-0.2, 0) is 23.1 Å². The van der Waals surface area contributed by atoms with Crippen LogP contribution >= 0.6 is 24.8 Å². The fraction of sp³-hybridized carbons (Fsp3) is 0.529. The van der Waals surface area contributed by atoms with E-state index in [9.17, 15) is 4.79 Å². The summed E-state index contributed by atoms with van der Waals surface area (Å²) < 4.78 is 7.37. The van der Waals surface area contributed by atoms with Crippen molar-refractivity contribution in [1.82, 2.24) is 14.5 Å². The molecule has 1 aromatic heterocycles. The first-order chi connectivity index (χ1) is 11.1. The lowest BCUT2D eigenvalue weighted by Gasteiger charge is -2.29. The van der Waals surface area contributed by atoms with E-state index in [-0.39, 0.29) is 36.6 Å². The highest BCUT2D eigenvalue weighted by molar-refractivity contribution is 5.85. The van der Waals surface area contributed by atoms with Crippen molar-refractivity contribution in [2.45, 2.75) is 25.4 Å². The molecule has 0 bridgehead atoms. The first-order valence-corrected chi connectivity index (χ1v) is 8.06. The maximum Gasteiger partial charge on any atom is 0.239 e. The van der Waals surface area contributed by atoms with Gasteiger partial charge in [-0.15, -0.1) is 24.8 Å². The number of para-hydroxylation sites is 2. The van der Waals surface area contributed by atoms with Crippen LogP contribution in [0.2, 0.25) is 0 Å². The second-order valence-electron chi connectivity index (χ2n) is 6.25. The molecule has 3 rings (SSSR count). The zero-order valence-corrected chi connectivity index (χ0v) is 16.2. The predicted molar refractivity (Wildman–Crippen MR) is 103 cm³/mol. The molecule has 1 aliphatic heterocycles. The zero-order valence-electron chi connectivity index (χ0n) is 14.6. The van der Waals surface area contributed by atoms with Gasteiger partial charge in [0.05, 0.1) is 23.6 Å². The highest BCUT2D eigenvalue weighted by Gasteiger charge is 2.29. The highest BCUT2D eigenvalue weighted by atomic mass is 35.5. The molecular formula is C17H26Cl2N4O2. The second-order valence-corrected chi connectivity index (χ2v) is 6.25. The molecule has 1 amide bonds. The Balaban J connectivity index is 0.00000156. The molecule has 1 atom stereocenters. The van der Waals surface area contributed by atoms with Gasteiger partial charge in [-0.2, -0.15) is 0 Å². The number of nitrogens with zero attached hydrogens (tertiary/aromatic N) is 3. The Morgan fingerprint density at radius 1 is 1.36 bits per heavy atom. The Kier molecular flexibility index (Phi) is 8.15. The van der Waals surface area contributed by atoms with Crippen molar-refractivity contribution in [3.05, 3.63) is 30.1 Å². The van der Waals surface area contributed by atoms with Gasteiger partial charge in [-0.05, 0) is 30.9 Å². The van der Waals surface area contributed by atoms with E-state index in [1.807, 2.05) is 35.9 Å². The molecule has 2 aromatic rings. The number of halogens is 2. The number of benzene rings is 1. The Bertz CT molecular complexity index is 701. The third-order valence-corrected chi connectivity index (χ3v) is 4.69. The molecule has 0 spiro atoms. The normalized spacial score (nSPS) is 16.0. The molecule has 1 aliphatic rings. The van der Waals surface area contributed by atoms with Crippen molar-refractivity contribution in [3.8, 4) is 0 Å². The number of carbonyl (C=O) groups is 1. The van der Waals surface area contributed by atoms with E-state index in [0.717, 1.165) is 29.7 Å². The molecule has 6 nitrogen and oxygen atoms in total. The number of ether oxygens (including phenoxy) is 1. The van der Waals surface area contributed by atoms with Gasteiger partial charge in [0.2, 0.25) is 5.91 Å². The molecule has 1 unspecified atom stereocenters. The summed E-state index contributed by atoms with van der Waals surface area (Å²) in [6.45, 7) is 1.85. The minimum absolute atomic E-state index is 0. The smallest absolute Gasteiger partial charge is 0.239 e. The lowest BCUT2D eigenvalue weighted by molar-refractivity contribution is -0.134. The number of amides is 1. The van der Waals surface area contributed by atoms with Crippen LogP contribution in [0.1, 0.15) is 18.7 Å². The fourth-order valence-electron chi connectivity index (χ4n) is 3.16. The zero-order chi connectivity index (χ0) is 16.4. The maximum absolute atomic E-state index is 12.6. The molecule has 1 saturated heterocycles. The van der Waals surface area contributed by atoms with Crippen molar-refractivity contribution in [2.24, 2.45) is 18.7 Å². The number of imidazole rings is 1. The number of hydrogen-bond donors (Lipinski definition) is 1. The van der Waals surface area contributed by atoms with Gasteiger partial charge >= 0.3 is 0 Å². The summed E-state index contributed by atoms with van der Waals surface area (Å²) in [5.74, 6) is 1.05. The first kappa shape index (κ1) is 21.7. The van der Waals surface area contributed by atoms with Gasteiger partial charge in [0.1, 0.15) is 5.82 Å². The van der Waals surface area contributed by atoms with Crippen LogP contribution in [0.15, 0.2) is 24.3 Å². The molecule has 0 aliphatic carbocycles. The summed E-state index contributed by atoms with van der Waals surface area (Å²) in [6.07, 6.45) is 1.71. The van der Waals surface area contributed by atoms with Gasteiger partial charge in [-0.25, -0.2) is 4.98 Å². The molecule has 1 fully saturated rings. The van der Waals surface area contributed by atoms with E-state index in [1.54, 1.807) is 11.9 Å². The molecule has 25 heavy (non-hydrogen) atoms. The Labute approximate surface area is 160 Å². The predicted octanol–water partition coefficient (Wildman–Crippen LogP) is 2.13. The number of aryl methyl sites for hydroxylation is 1. The number of fused-ring (bicyclic) bond motifs is 1. The molecule has 0 saturated carbocycles. The van der Waals surface area contributed by atoms with Crippen molar-refractivity contribution >= 4 is 41.8 Å². The number of carbonyl (C=O) groups excluding carboxylic acids is 1. The van der Waals surface area contributed by atoms with Gasteiger partial charge in [0.15, 0.2) is 0 Å². The quantitative estimate of drug-likeness (QED) is 0.870. The molecule has 2 heterocycles. The molecule has 140 valence electrons. The third kappa shape index (κ3) is 4.64. The van der Waals surface area contributed by atoms with E-state index in [4.69, 9.17) is 10.5 Å². The molecule has 2 N–H and O–H groups in total. The lowest BCUT2D eigenvalue weighted by Crippen LogP contribution is -2.47. The van der Waals surface area contributed by atoms with E-state index in [1.165, 1.54) is 0 Å². The highest BCUT2D eigenvalue weighted by Crippen LogP contribution is 2.20. The average Bonchev–Trinajstić information content (AvgIpc) is 2.90. The van der Waals surface area contributed by atoms with Gasteiger partial charge in [-0.1, -0.05) is 12.1 Å². The summed E-state index contributed by atoms with van der Waals surface area (Å²) in [6, 6.07) is 7.51. The van der Waals surface area contributed by atoms with Gasteiger partial charge in [0.25, 0.3) is 0 Å². The van der Waals surface area contributed by atoms with E-state index < -0.39 is 6.04 Å². The summed E-state index contributed by atoms with van der Waals surface area (Å²) in [5.41, 5.74) is 8.20. The van der Waals surface area contributed by atoms with Gasteiger partial charge in [-0.3, -0.25) is 4.79 Å². The minimum Gasteiger partial charge on any atom is -0.381 e. The van der Waals surface area contributed by atoms with Crippen LogP contribution in [0.5, 0.6) is 0 Å². The van der Waals surface area contributed by atoms with Gasteiger partial charge < -0.3 is 19.9 Å². The monoisotopic (exact) mass is 388 g/mol. The number of rotatable bonds is 4. The van der Waals surface area contributed by atoms with Crippen LogP contribution < -0.4 is 5.73 Å². The Hall–Kier alpha value is -1.34. The second kappa shape index (κ2) is 9.38. The SMILES string of the molecule is CN(Cc1nc2ccccc2n1C)C(=O)C(N)C1CCOCC1.Cl.Cl. The largest absolute Gasteiger partial charge is 0.381 e. The Morgan fingerprint density at radius 3 is 2.64 bits per heavy atom. The van der Waals surface area contributed by atoms with Crippen LogP contribution in [0.3, 0.4) is 0 Å². The number of nitrogens with two attached hydrogens (primary N) is 1. The van der Waals surface area contributed by atoms with Crippen molar-refractivity contribution in [1.29, 1.82) is 0 Å². The maximum atomic E-state index is 12.6. The van der Waals surface area contributed by atoms with Crippen molar-refractivity contribution in [2.75, 3.05) is 20.3 Å².